The molecule has 2 unspecified atom stereocenters. The highest BCUT2D eigenvalue weighted by atomic mass is 15.1. The monoisotopic (exact) mass is 276 g/mol. The SMILES string of the molecule is CCNc1nc(C)nc(NC2CCCCC2CC)c1C. The third kappa shape index (κ3) is 3.41. The highest BCUT2D eigenvalue weighted by Gasteiger charge is 2.24. The Morgan fingerprint density at radius 2 is 1.75 bits per heavy atom. The van der Waals surface area contributed by atoms with Crippen LogP contribution < -0.4 is 10.6 Å². The molecule has 1 aromatic rings. The van der Waals surface area contributed by atoms with Gasteiger partial charge in [-0.2, -0.15) is 0 Å². The summed E-state index contributed by atoms with van der Waals surface area (Å²) in [7, 11) is 0. The minimum absolute atomic E-state index is 0.566. The quantitative estimate of drug-likeness (QED) is 0.856. The Labute approximate surface area is 122 Å². The van der Waals surface area contributed by atoms with Gasteiger partial charge < -0.3 is 10.6 Å². The molecule has 1 aromatic heterocycles. The number of anilines is 2. The largest absolute Gasteiger partial charge is 0.370 e. The third-order valence-electron chi connectivity index (χ3n) is 4.36. The second kappa shape index (κ2) is 6.91. The molecule has 4 nitrogen and oxygen atoms in total. The lowest BCUT2D eigenvalue weighted by molar-refractivity contribution is 0.316. The molecule has 0 aromatic carbocycles. The van der Waals surface area contributed by atoms with E-state index in [2.05, 4.69) is 41.4 Å². The van der Waals surface area contributed by atoms with Gasteiger partial charge in [0.05, 0.1) is 0 Å². The van der Waals surface area contributed by atoms with Crippen LogP contribution >= 0.6 is 0 Å². The number of hydrogen-bond donors (Lipinski definition) is 2. The zero-order valence-electron chi connectivity index (χ0n) is 13.3. The molecule has 1 saturated carbocycles. The number of aryl methyl sites for hydroxylation is 1. The normalized spacial score (nSPS) is 22.6. The molecule has 20 heavy (non-hydrogen) atoms. The first-order valence-corrected chi connectivity index (χ1v) is 8.01. The van der Waals surface area contributed by atoms with Crippen LogP contribution in [0.3, 0.4) is 0 Å². The Bertz CT molecular complexity index is 444. The number of aromatic nitrogens is 2. The fourth-order valence-electron chi connectivity index (χ4n) is 3.17. The zero-order chi connectivity index (χ0) is 14.5. The summed E-state index contributed by atoms with van der Waals surface area (Å²) in [5.74, 6) is 3.59. The molecule has 1 fully saturated rings. The first kappa shape index (κ1) is 15.1. The van der Waals surface area contributed by atoms with Gasteiger partial charge in [-0.1, -0.05) is 26.2 Å². The van der Waals surface area contributed by atoms with Crippen molar-refractivity contribution in [3.05, 3.63) is 11.4 Å². The van der Waals surface area contributed by atoms with Crippen molar-refractivity contribution in [2.24, 2.45) is 5.92 Å². The summed E-state index contributed by atoms with van der Waals surface area (Å²) in [5, 5.41) is 7.03. The van der Waals surface area contributed by atoms with E-state index in [0.717, 1.165) is 35.5 Å². The summed E-state index contributed by atoms with van der Waals surface area (Å²) in [6, 6.07) is 0.566. The molecular weight excluding hydrogens is 248 g/mol. The molecule has 1 heterocycles. The fourth-order valence-corrected chi connectivity index (χ4v) is 3.17. The maximum atomic E-state index is 4.62. The van der Waals surface area contributed by atoms with Crippen LogP contribution in [0.5, 0.6) is 0 Å². The maximum Gasteiger partial charge on any atom is 0.134 e. The van der Waals surface area contributed by atoms with Gasteiger partial charge in [-0.05, 0) is 39.5 Å². The van der Waals surface area contributed by atoms with E-state index in [1.165, 1.54) is 32.1 Å². The van der Waals surface area contributed by atoms with Crippen LogP contribution in [-0.4, -0.2) is 22.6 Å². The maximum absolute atomic E-state index is 4.62. The van der Waals surface area contributed by atoms with Gasteiger partial charge in [-0.25, -0.2) is 9.97 Å². The first-order valence-electron chi connectivity index (χ1n) is 8.01. The molecular formula is C16H28N4. The molecule has 2 atom stereocenters. The molecule has 0 spiro atoms. The lowest BCUT2D eigenvalue weighted by Gasteiger charge is -2.32. The first-order chi connectivity index (χ1) is 9.65. The Morgan fingerprint density at radius 3 is 2.45 bits per heavy atom. The summed E-state index contributed by atoms with van der Waals surface area (Å²) in [4.78, 5) is 9.11. The van der Waals surface area contributed by atoms with Crippen LogP contribution in [0.2, 0.25) is 0 Å². The Kier molecular flexibility index (Phi) is 5.21. The smallest absolute Gasteiger partial charge is 0.134 e. The molecule has 0 bridgehead atoms. The van der Waals surface area contributed by atoms with Crippen LogP contribution in [0, 0.1) is 19.8 Å². The van der Waals surface area contributed by atoms with Crippen molar-refractivity contribution in [2.75, 3.05) is 17.2 Å². The van der Waals surface area contributed by atoms with Gasteiger partial charge in [-0.3, -0.25) is 0 Å². The van der Waals surface area contributed by atoms with Crippen molar-refractivity contribution in [3.8, 4) is 0 Å². The van der Waals surface area contributed by atoms with E-state index in [4.69, 9.17) is 0 Å². The Morgan fingerprint density at radius 1 is 1.05 bits per heavy atom. The molecule has 1 aliphatic carbocycles. The lowest BCUT2D eigenvalue weighted by atomic mass is 9.83. The average molecular weight is 276 g/mol. The lowest BCUT2D eigenvalue weighted by Crippen LogP contribution is -2.32. The second-order valence-electron chi connectivity index (χ2n) is 5.83. The van der Waals surface area contributed by atoms with Gasteiger partial charge in [-0.15, -0.1) is 0 Å². The summed E-state index contributed by atoms with van der Waals surface area (Å²) in [5.41, 5.74) is 1.14. The molecule has 2 rings (SSSR count). The van der Waals surface area contributed by atoms with E-state index in [1.807, 2.05) is 6.92 Å². The van der Waals surface area contributed by atoms with Crippen molar-refractivity contribution in [1.29, 1.82) is 0 Å². The van der Waals surface area contributed by atoms with Crippen LogP contribution in [0.1, 0.15) is 57.3 Å². The van der Waals surface area contributed by atoms with E-state index in [-0.39, 0.29) is 0 Å². The van der Waals surface area contributed by atoms with E-state index in [1.54, 1.807) is 0 Å². The van der Waals surface area contributed by atoms with Gasteiger partial charge in [0.25, 0.3) is 0 Å². The molecule has 4 heteroatoms. The van der Waals surface area contributed by atoms with Crippen LogP contribution in [0.4, 0.5) is 11.6 Å². The van der Waals surface area contributed by atoms with Crippen LogP contribution in [0.25, 0.3) is 0 Å². The zero-order valence-corrected chi connectivity index (χ0v) is 13.3. The molecule has 0 radical (unpaired) electrons. The standard InChI is InChI=1S/C16H28N4/c1-5-13-9-7-8-10-14(13)20-16-11(3)15(17-6-2)18-12(4)19-16/h13-14H,5-10H2,1-4H3,(H2,17,18,19,20). The van der Waals surface area contributed by atoms with E-state index in [0.29, 0.717) is 6.04 Å². The van der Waals surface area contributed by atoms with Crippen molar-refractivity contribution < 1.29 is 0 Å². The molecule has 0 amide bonds. The third-order valence-corrected chi connectivity index (χ3v) is 4.36. The highest BCUT2D eigenvalue weighted by Crippen LogP contribution is 2.30. The Balaban J connectivity index is 2.19. The molecule has 112 valence electrons. The van der Waals surface area contributed by atoms with Crippen molar-refractivity contribution in [2.45, 2.75) is 65.8 Å². The number of nitrogens with zero attached hydrogens (tertiary/aromatic N) is 2. The second-order valence-corrected chi connectivity index (χ2v) is 5.83. The fraction of sp³-hybridized carbons (Fsp3) is 0.750. The molecule has 1 aliphatic rings. The van der Waals surface area contributed by atoms with Gasteiger partial charge in [0.2, 0.25) is 0 Å². The van der Waals surface area contributed by atoms with E-state index in [9.17, 15) is 0 Å². The van der Waals surface area contributed by atoms with Crippen LogP contribution in [-0.2, 0) is 0 Å². The van der Waals surface area contributed by atoms with Crippen molar-refractivity contribution >= 4 is 11.6 Å². The minimum Gasteiger partial charge on any atom is -0.370 e. The Hall–Kier alpha value is -1.32. The number of hydrogen-bond acceptors (Lipinski definition) is 4. The topological polar surface area (TPSA) is 49.8 Å². The summed E-state index contributed by atoms with van der Waals surface area (Å²) < 4.78 is 0. The molecule has 0 saturated heterocycles. The molecule has 2 N–H and O–H groups in total. The van der Waals surface area contributed by atoms with Gasteiger partial charge >= 0.3 is 0 Å². The van der Waals surface area contributed by atoms with E-state index >= 15 is 0 Å². The van der Waals surface area contributed by atoms with Gasteiger partial charge in [0.1, 0.15) is 17.5 Å². The summed E-state index contributed by atoms with van der Waals surface area (Å²) >= 11 is 0. The molecule has 0 aliphatic heterocycles. The van der Waals surface area contributed by atoms with E-state index < -0.39 is 0 Å². The predicted octanol–water partition coefficient (Wildman–Crippen LogP) is 3.91. The van der Waals surface area contributed by atoms with Gasteiger partial charge in [0.15, 0.2) is 0 Å². The average Bonchev–Trinajstić information content (AvgIpc) is 2.44. The number of rotatable bonds is 5. The summed E-state index contributed by atoms with van der Waals surface area (Å²) in [6.07, 6.45) is 6.56. The van der Waals surface area contributed by atoms with Gasteiger partial charge in [0, 0.05) is 18.2 Å². The van der Waals surface area contributed by atoms with Crippen LogP contribution in [0.15, 0.2) is 0 Å². The minimum atomic E-state index is 0.566. The predicted molar refractivity (Wildman–Crippen MR) is 85.3 cm³/mol. The van der Waals surface area contributed by atoms with Crippen molar-refractivity contribution in [1.82, 2.24) is 9.97 Å². The summed E-state index contributed by atoms with van der Waals surface area (Å²) in [6.45, 7) is 9.34. The van der Waals surface area contributed by atoms with Crippen molar-refractivity contribution in [3.63, 3.8) is 0 Å². The highest BCUT2D eigenvalue weighted by molar-refractivity contribution is 5.57. The number of nitrogens with one attached hydrogen (secondary N) is 2.